The number of benzene rings is 1. The first-order valence-corrected chi connectivity index (χ1v) is 8.59. The van der Waals surface area contributed by atoms with Gasteiger partial charge in [0.25, 0.3) is 0 Å². The average molecular weight is 288 g/mol. The largest absolute Gasteiger partial charge is 0.300 e. The molecule has 0 saturated carbocycles. The highest BCUT2D eigenvalue weighted by molar-refractivity contribution is 5.23. The van der Waals surface area contributed by atoms with Crippen molar-refractivity contribution in [2.45, 2.75) is 46.6 Å². The first kappa shape index (κ1) is 16.5. The van der Waals surface area contributed by atoms with Crippen LogP contribution < -0.4 is 0 Å². The Labute approximate surface area is 131 Å². The molecule has 2 rings (SSSR count). The summed E-state index contributed by atoms with van der Waals surface area (Å²) in [5.41, 5.74) is 2.95. The molecule has 1 aliphatic rings. The maximum Gasteiger partial charge on any atom is 0.0113 e. The Hall–Kier alpha value is -0.860. The summed E-state index contributed by atoms with van der Waals surface area (Å²) in [6.07, 6.45) is 2.38. The van der Waals surface area contributed by atoms with Crippen LogP contribution in [0.2, 0.25) is 0 Å². The molecule has 0 aliphatic carbocycles. The van der Waals surface area contributed by atoms with E-state index in [0.29, 0.717) is 6.04 Å². The quantitative estimate of drug-likeness (QED) is 0.791. The number of rotatable bonds is 6. The lowest BCUT2D eigenvalue weighted by Gasteiger charge is -2.36. The lowest BCUT2D eigenvalue weighted by Crippen LogP contribution is -2.49. The van der Waals surface area contributed by atoms with Gasteiger partial charge in [0, 0.05) is 38.8 Å². The van der Waals surface area contributed by atoms with E-state index in [1.165, 1.54) is 56.7 Å². The Morgan fingerprint density at radius 1 is 0.857 bits per heavy atom. The summed E-state index contributed by atoms with van der Waals surface area (Å²) in [7, 11) is 0. The first-order chi connectivity index (χ1) is 10.0. The molecule has 0 spiro atoms. The van der Waals surface area contributed by atoms with E-state index in [2.05, 4.69) is 61.8 Å². The Morgan fingerprint density at radius 2 is 1.43 bits per heavy atom. The van der Waals surface area contributed by atoms with Crippen LogP contribution in [0.1, 0.15) is 38.8 Å². The predicted molar refractivity (Wildman–Crippen MR) is 91.8 cm³/mol. The van der Waals surface area contributed by atoms with Crippen LogP contribution in [0.3, 0.4) is 0 Å². The third-order valence-corrected chi connectivity index (χ3v) is 4.52. The van der Waals surface area contributed by atoms with Crippen molar-refractivity contribution in [3.63, 3.8) is 0 Å². The van der Waals surface area contributed by atoms with Gasteiger partial charge in [-0.2, -0.15) is 0 Å². The van der Waals surface area contributed by atoms with E-state index in [1.54, 1.807) is 0 Å². The van der Waals surface area contributed by atoms with Crippen molar-refractivity contribution in [2.24, 2.45) is 5.92 Å². The van der Waals surface area contributed by atoms with E-state index in [9.17, 15) is 0 Å². The molecular weight excluding hydrogens is 256 g/mol. The Bertz CT molecular complexity index is 400. The lowest BCUT2D eigenvalue weighted by atomic mass is 10.0. The van der Waals surface area contributed by atoms with Gasteiger partial charge in [0.2, 0.25) is 0 Å². The topological polar surface area (TPSA) is 6.48 Å². The van der Waals surface area contributed by atoms with E-state index in [-0.39, 0.29) is 0 Å². The van der Waals surface area contributed by atoms with Crippen molar-refractivity contribution in [1.29, 1.82) is 0 Å². The molecule has 0 aromatic heterocycles. The van der Waals surface area contributed by atoms with E-state index in [0.717, 1.165) is 5.92 Å². The minimum Gasteiger partial charge on any atom is -0.300 e. The molecule has 1 aromatic carbocycles. The minimum absolute atomic E-state index is 0.695. The van der Waals surface area contributed by atoms with Gasteiger partial charge < -0.3 is 4.90 Å². The molecule has 2 nitrogen and oxygen atoms in total. The van der Waals surface area contributed by atoms with Crippen LogP contribution in [-0.2, 0) is 12.8 Å². The highest BCUT2D eigenvalue weighted by Gasteiger charge is 2.18. The van der Waals surface area contributed by atoms with Crippen LogP contribution in [-0.4, -0.2) is 48.6 Å². The van der Waals surface area contributed by atoms with Crippen LogP contribution >= 0.6 is 0 Å². The Morgan fingerprint density at radius 3 is 1.95 bits per heavy atom. The number of hydrogen-bond acceptors (Lipinski definition) is 2. The van der Waals surface area contributed by atoms with Gasteiger partial charge >= 0.3 is 0 Å². The van der Waals surface area contributed by atoms with E-state index < -0.39 is 0 Å². The zero-order chi connectivity index (χ0) is 15.2. The summed E-state index contributed by atoms with van der Waals surface area (Å²) >= 11 is 0. The molecule has 118 valence electrons. The van der Waals surface area contributed by atoms with Crippen molar-refractivity contribution >= 4 is 0 Å². The van der Waals surface area contributed by atoms with Crippen molar-refractivity contribution in [2.75, 3.05) is 32.7 Å². The molecule has 1 heterocycles. The maximum atomic E-state index is 2.61. The number of piperazine rings is 1. The summed E-state index contributed by atoms with van der Waals surface area (Å²) in [4.78, 5) is 5.19. The normalized spacial score (nSPS) is 17.8. The van der Waals surface area contributed by atoms with Crippen LogP contribution in [0.4, 0.5) is 0 Å². The fraction of sp³-hybridized carbons (Fsp3) is 0.684. The van der Waals surface area contributed by atoms with Crippen LogP contribution in [0.25, 0.3) is 0 Å². The monoisotopic (exact) mass is 288 g/mol. The molecule has 0 amide bonds. The Kier molecular flexibility index (Phi) is 6.25. The summed E-state index contributed by atoms with van der Waals surface area (Å²) in [6.45, 7) is 15.3. The summed E-state index contributed by atoms with van der Waals surface area (Å²) < 4.78 is 0. The number of nitrogens with zero attached hydrogens (tertiary/aromatic N) is 2. The van der Waals surface area contributed by atoms with E-state index >= 15 is 0 Å². The highest BCUT2D eigenvalue weighted by atomic mass is 15.3. The lowest BCUT2D eigenvalue weighted by molar-refractivity contribution is 0.109. The summed E-state index contributed by atoms with van der Waals surface area (Å²) in [6, 6.07) is 9.96. The maximum absolute atomic E-state index is 2.61. The second-order valence-electron chi connectivity index (χ2n) is 7.14. The second kappa shape index (κ2) is 7.95. The molecule has 0 N–H and O–H groups in total. The standard InChI is InChI=1S/C19H32N2/c1-16(2)15-19-7-5-18(6-8-19)9-10-20-11-13-21(14-12-20)17(3)4/h5-8,16-17H,9-15H2,1-4H3. The zero-order valence-corrected chi connectivity index (χ0v) is 14.3. The third kappa shape index (κ3) is 5.44. The first-order valence-electron chi connectivity index (χ1n) is 8.59. The fourth-order valence-corrected chi connectivity index (χ4v) is 3.10. The molecular formula is C19H32N2. The highest BCUT2D eigenvalue weighted by Crippen LogP contribution is 2.11. The zero-order valence-electron chi connectivity index (χ0n) is 14.3. The third-order valence-electron chi connectivity index (χ3n) is 4.52. The SMILES string of the molecule is CC(C)Cc1ccc(CCN2CCN(C(C)C)CC2)cc1. The van der Waals surface area contributed by atoms with Gasteiger partial charge in [-0.3, -0.25) is 4.90 Å². The molecule has 0 atom stereocenters. The molecule has 1 aliphatic heterocycles. The van der Waals surface area contributed by atoms with Gasteiger partial charge in [0.15, 0.2) is 0 Å². The van der Waals surface area contributed by atoms with Gasteiger partial charge in [-0.1, -0.05) is 38.1 Å². The van der Waals surface area contributed by atoms with Crippen LogP contribution in [0.5, 0.6) is 0 Å². The summed E-state index contributed by atoms with van der Waals surface area (Å²) in [5, 5.41) is 0. The second-order valence-corrected chi connectivity index (χ2v) is 7.14. The molecule has 1 saturated heterocycles. The Balaban J connectivity index is 1.74. The van der Waals surface area contributed by atoms with Crippen molar-refractivity contribution in [1.82, 2.24) is 9.80 Å². The molecule has 0 bridgehead atoms. The van der Waals surface area contributed by atoms with Crippen molar-refractivity contribution < 1.29 is 0 Å². The number of hydrogen-bond donors (Lipinski definition) is 0. The minimum atomic E-state index is 0.695. The fourth-order valence-electron chi connectivity index (χ4n) is 3.10. The van der Waals surface area contributed by atoms with Gasteiger partial charge in [-0.25, -0.2) is 0 Å². The van der Waals surface area contributed by atoms with Crippen LogP contribution in [0, 0.1) is 5.92 Å². The van der Waals surface area contributed by atoms with Crippen molar-refractivity contribution in [3.05, 3.63) is 35.4 Å². The smallest absolute Gasteiger partial charge is 0.0113 e. The van der Waals surface area contributed by atoms with Crippen LogP contribution in [0.15, 0.2) is 24.3 Å². The molecule has 0 unspecified atom stereocenters. The van der Waals surface area contributed by atoms with E-state index in [4.69, 9.17) is 0 Å². The van der Waals surface area contributed by atoms with Crippen molar-refractivity contribution in [3.8, 4) is 0 Å². The summed E-state index contributed by atoms with van der Waals surface area (Å²) in [5.74, 6) is 0.744. The predicted octanol–water partition coefficient (Wildman–Crippen LogP) is 3.45. The van der Waals surface area contributed by atoms with Gasteiger partial charge in [-0.05, 0) is 43.7 Å². The van der Waals surface area contributed by atoms with Gasteiger partial charge in [-0.15, -0.1) is 0 Å². The molecule has 0 radical (unpaired) electrons. The molecule has 1 aromatic rings. The molecule has 21 heavy (non-hydrogen) atoms. The molecule has 2 heteroatoms. The van der Waals surface area contributed by atoms with E-state index in [1.807, 2.05) is 0 Å². The molecule has 1 fully saturated rings. The average Bonchev–Trinajstić information content (AvgIpc) is 2.46. The van der Waals surface area contributed by atoms with Gasteiger partial charge in [0.05, 0.1) is 0 Å². The van der Waals surface area contributed by atoms with Gasteiger partial charge in [0.1, 0.15) is 0 Å².